The summed E-state index contributed by atoms with van der Waals surface area (Å²) >= 11 is 7.42. The summed E-state index contributed by atoms with van der Waals surface area (Å²) in [5.74, 6) is -1.10. The van der Waals surface area contributed by atoms with Crippen LogP contribution in [0.3, 0.4) is 0 Å². The van der Waals surface area contributed by atoms with Crippen LogP contribution in [-0.2, 0) is 16.1 Å². The van der Waals surface area contributed by atoms with Crippen molar-refractivity contribution in [3.8, 4) is 16.2 Å². The predicted octanol–water partition coefficient (Wildman–Crippen LogP) is 2.67. The molecule has 2 aromatic heterocycles. The highest BCUT2D eigenvalue weighted by Crippen LogP contribution is 2.39. The molecule has 2 N–H and O–H groups in total. The summed E-state index contributed by atoms with van der Waals surface area (Å²) in [6.45, 7) is 2.14. The number of hydrogen-bond acceptors (Lipinski definition) is 6. The van der Waals surface area contributed by atoms with Gasteiger partial charge in [-0.25, -0.2) is 9.18 Å². The van der Waals surface area contributed by atoms with Gasteiger partial charge in [0.15, 0.2) is 11.6 Å². The van der Waals surface area contributed by atoms with E-state index in [9.17, 15) is 23.6 Å². The van der Waals surface area contributed by atoms with E-state index in [4.69, 9.17) is 16.3 Å². The van der Waals surface area contributed by atoms with Crippen LogP contribution >= 0.6 is 22.9 Å². The van der Waals surface area contributed by atoms with Crippen molar-refractivity contribution >= 4 is 45.0 Å². The van der Waals surface area contributed by atoms with E-state index in [0.717, 1.165) is 22.0 Å². The van der Waals surface area contributed by atoms with Crippen LogP contribution < -0.4 is 26.6 Å². The Balaban J connectivity index is 1.93. The molecule has 0 aliphatic carbocycles. The van der Waals surface area contributed by atoms with Gasteiger partial charge in [0, 0.05) is 43.4 Å². The Hall–Kier alpha value is -3.18. The van der Waals surface area contributed by atoms with Gasteiger partial charge < -0.3 is 15.4 Å². The summed E-state index contributed by atoms with van der Waals surface area (Å²) < 4.78 is 22.0. The predicted molar refractivity (Wildman–Crippen MR) is 132 cm³/mol. The number of nitrogens with zero attached hydrogens (tertiary/aromatic N) is 2. The number of nitrogens with one attached hydrogen (secondary N) is 2. The maximum absolute atomic E-state index is 14.1. The molecule has 0 bridgehead atoms. The van der Waals surface area contributed by atoms with Gasteiger partial charge in [-0.05, 0) is 31.0 Å². The molecule has 1 aliphatic rings. The Labute approximate surface area is 208 Å². The molecule has 1 unspecified atom stereocenters. The number of thiophene rings is 1. The van der Waals surface area contributed by atoms with Crippen LogP contribution in [0.4, 0.5) is 4.39 Å². The Morgan fingerprint density at radius 3 is 2.80 bits per heavy atom. The van der Waals surface area contributed by atoms with E-state index in [1.54, 1.807) is 6.07 Å². The van der Waals surface area contributed by atoms with Crippen LogP contribution in [0.15, 0.2) is 27.8 Å². The molecule has 3 aromatic rings. The standard InChI is InChI=1S/C23H24ClFN4O5S/c1-12(30)26-6-7-28-17-11-19(14-9-18(34-2)16(25)10-15(14)24)35-21(17)22(32)29(23(28)33)13-4-3-5-27-20(31)8-13/h9-11,13H,3-8H2,1-2H3,(H,26,30)(H,27,31). The van der Waals surface area contributed by atoms with E-state index in [-0.39, 0.29) is 42.1 Å². The Kier molecular flexibility index (Phi) is 7.27. The monoisotopic (exact) mass is 522 g/mol. The van der Waals surface area contributed by atoms with E-state index in [1.807, 2.05) is 0 Å². The molecule has 1 atom stereocenters. The summed E-state index contributed by atoms with van der Waals surface area (Å²) in [6.07, 6.45) is 1.14. The molecule has 3 heterocycles. The van der Waals surface area contributed by atoms with Crippen molar-refractivity contribution in [3.05, 3.63) is 49.9 Å². The second-order valence-electron chi connectivity index (χ2n) is 8.23. The number of benzene rings is 1. The number of methoxy groups -OCH3 is 1. The smallest absolute Gasteiger partial charge is 0.331 e. The summed E-state index contributed by atoms with van der Waals surface area (Å²) in [6, 6.07) is 3.64. The van der Waals surface area contributed by atoms with Crippen LogP contribution in [0.5, 0.6) is 5.75 Å². The minimum absolute atomic E-state index is 0.00761. The third-order valence-electron chi connectivity index (χ3n) is 5.89. The lowest BCUT2D eigenvalue weighted by Gasteiger charge is -2.18. The fraction of sp³-hybridized carbons (Fsp3) is 0.391. The summed E-state index contributed by atoms with van der Waals surface area (Å²) in [5.41, 5.74) is -0.229. The zero-order chi connectivity index (χ0) is 25.3. The maximum atomic E-state index is 14.1. The number of fused-ring (bicyclic) bond motifs is 1. The molecule has 35 heavy (non-hydrogen) atoms. The highest BCUT2D eigenvalue weighted by Gasteiger charge is 2.26. The van der Waals surface area contributed by atoms with Crippen molar-refractivity contribution < 1.29 is 18.7 Å². The molecule has 1 aromatic carbocycles. The van der Waals surface area contributed by atoms with Gasteiger partial charge in [-0.1, -0.05) is 11.6 Å². The Morgan fingerprint density at radius 2 is 2.09 bits per heavy atom. The molecule has 0 spiro atoms. The molecule has 1 aliphatic heterocycles. The maximum Gasteiger partial charge on any atom is 0.331 e. The molecular weight excluding hydrogens is 499 g/mol. The zero-order valence-electron chi connectivity index (χ0n) is 19.2. The average molecular weight is 523 g/mol. The van der Waals surface area contributed by atoms with Gasteiger partial charge in [-0.3, -0.25) is 23.5 Å². The van der Waals surface area contributed by atoms with Gasteiger partial charge >= 0.3 is 5.69 Å². The number of carbonyl (C=O) groups is 2. The average Bonchev–Trinajstić information content (AvgIpc) is 3.12. The Morgan fingerprint density at radius 1 is 1.31 bits per heavy atom. The van der Waals surface area contributed by atoms with Gasteiger partial charge in [0.2, 0.25) is 11.8 Å². The molecule has 2 amide bonds. The van der Waals surface area contributed by atoms with Crippen LogP contribution in [0, 0.1) is 5.82 Å². The van der Waals surface area contributed by atoms with Crippen LogP contribution in [0.1, 0.15) is 32.2 Å². The molecule has 1 saturated heterocycles. The largest absolute Gasteiger partial charge is 0.494 e. The molecule has 0 radical (unpaired) electrons. The van der Waals surface area contributed by atoms with Crippen molar-refractivity contribution in [2.45, 2.75) is 38.8 Å². The number of halogens is 2. The highest BCUT2D eigenvalue weighted by atomic mass is 35.5. The first-order valence-corrected chi connectivity index (χ1v) is 12.2. The van der Waals surface area contributed by atoms with Crippen molar-refractivity contribution in [1.82, 2.24) is 19.8 Å². The number of hydrogen-bond donors (Lipinski definition) is 2. The van der Waals surface area contributed by atoms with Gasteiger partial charge in [-0.2, -0.15) is 0 Å². The molecule has 9 nitrogen and oxygen atoms in total. The summed E-state index contributed by atoms with van der Waals surface area (Å²) in [4.78, 5) is 51.2. The van der Waals surface area contributed by atoms with E-state index >= 15 is 0 Å². The quantitative estimate of drug-likeness (QED) is 0.517. The normalized spacial score (nSPS) is 16.1. The SMILES string of the molecule is COc1cc(-c2cc3c(s2)c(=O)n(C2CCCNC(=O)C2)c(=O)n3CCNC(C)=O)c(Cl)cc1F. The first kappa shape index (κ1) is 24.9. The third-order valence-corrected chi connectivity index (χ3v) is 7.35. The minimum Gasteiger partial charge on any atom is -0.494 e. The van der Waals surface area contributed by atoms with Crippen molar-refractivity contribution in [1.29, 1.82) is 0 Å². The van der Waals surface area contributed by atoms with Gasteiger partial charge in [-0.15, -0.1) is 11.3 Å². The van der Waals surface area contributed by atoms with E-state index in [0.29, 0.717) is 40.0 Å². The molecule has 12 heteroatoms. The number of rotatable bonds is 6. The van der Waals surface area contributed by atoms with E-state index in [2.05, 4.69) is 10.6 Å². The summed E-state index contributed by atoms with van der Waals surface area (Å²) in [5, 5.41) is 5.55. The van der Waals surface area contributed by atoms with Crippen molar-refractivity contribution in [3.63, 3.8) is 0 Å². The van der Waals surface area contributed by atoms with Crippen LogP contribution in [-0.4, -0.2) is 41.1 Å². The van der Waals surface area contributed by atoms with Crippen molar-refractivity contribution in [2.75, 3.05) is 20.2 Å². The molecule has 4 rings (SSSR count). The number of carbonyl (C=O) groups excluding carboxylic acids is 2. The van der Waals surface area contributed by atoms with Gasteiger partial charge in [0.1, 0.15) is 4.70 Å². The topological polar surface area (TPSA) is 111 Å². The lowest BCUT2D eigenvalue weighted by Crippen LogP contribution is -2.43. The fourth-order valence-electron chi connectivity index (χ4n) is 4.23. The van der Waals surface area contributed by atoms with Crippen molar-refractivity contribution in [2.24, 2.45) is 0 Å². The molecular formula is C23H24ClFN4O5S. The van der Waals surface area contributed by atoms with E-state index in [1.165, 1.54) is 24.7 Å². The third kappa shape index (κ3) is 4.96. The number of aromatic nitrogens is 2. The fourth-order valence-corrected chi connectivity index (χ4v) is 5.66. The number of amides is 2. The number of ether oxygens (including phenoxy) is 1. The lowest BCUT2D eigenvalue weighted by atomic mass is 10.1. The molecule has 0 saturated carbocycles. The van der Waals surface area contributed by atoms with E-state index < -0.39 is 23.1 Å². The highest BCUT2D eigenvalue weighted by molar-refractivity contribution is 7.22. The second kappa shape index (κ2) is 10.2. The zero-order valence-corrected chi connectivity index (χ0v) is 20.7. The molecule has 186 valence electrons. The molecule has 1 fully saturated rings. The first-order chi connectivity index (χ1) is 16.7. The second-order valence-corrected chi connectivity index (χ2v) is 9.69. The van der Waals surface area contributed by atoms with Gasteiger partial charge in [0.05, 0.1) is 23.7 Å². The van der Waals surface area contributed by atoms with Gasteiger partial charge in [0.25, 0.3) is 5.56 Å². The lowest BCUT2D eigenvalue weighted by molar-refractivity contribution is -0.121. The van der Waals surface area contributed by atoms with Crippen LogP contribution in [0.25, 0.3) is 20.7 Å². The minimum atomic E-state index is -0.622. The Bertz CT molecular complexity index is 1430. The summed E-state index contributed by atoms with van der Waals surface area (Å²) in [7, 11) is 1.34. The van der Waals surface area contributed by atoms with Crippen LogP contribution in [0.2, 0.25) is 5.02 Å². The first-order valence-electron chi connectivity index (χ1n) is 11.0.